The molecule has 5 nitrogen and oxygen atoms in total. The Labute approximate surface area is 150 Å². The average Bonchev–Trinajstić information content (AvgIpc) is 2.81. The lowest BCUT2D eigenvalue weighted by atomic mass is 9.92. The van der Waals surface area contributed by atoms with E-state index in [9.17, 15) is 10.2 Å². The molecule has 2 aliphatic rings. The highest BCUT2D eigenvalue weighted by Crippen LogP contribution is 2.27. The number of aromatic nitrogens is 2. The maximum atomic E-state index is 10.1. The van der Waals surface area contributed by atoms with Crippen molar-refractivity contribution < 1.29 is 10.2 Å². The van der Waals surface area contributed by atoms with Gasteiger partial charge in [-0.25, -0.2) is 9.97 Å². The summed E-state index contributed by atoms with van der Waals surface area (Å²) < 4.78 is 0. The number of aliphatic hydroxyl groups is 2. The number of hydrogen-bond acceptors (Lipinski definition) is 5. The molecule has 0 radical (unpaired) electrons. The molecule has 1 aromatic heterocycles. The van der Waals surface area contributed by atoms with Gasteiger partial charge in [0.15, 0.2) is 0 Å². The summed E-state index contributed by atoms with van der Waals surface area (Å²) in [6, 6.07) is 0.313. The summed E-state index contributed by atoms with van der Waals surface area (Å²) in [7, 11) is 0. The number of aliphatic hydroxyl groups excluding tert-OH is 2. The lowest BCUT2D eigenvalue weighted by Gasteiger charge is -2.26. The van der Waals surface area contributed by atoms with Crippen molar-refractivity contribution in [2.45, 2.75) is 82.5 Å². The van der Waals surface area contributed by atoms with Gasteiger partial charge in [0.1, 0.15) is 0 Å². The van der Waals surface area contributed by atoms with Gasteiger partial charge in [0.25, 0.3) is 0 Å². The lowest BCUT2D eigenvalue weighted by Crippen LogP contribution is -2.29. The molecule has 3 rings (SSSR count). The van der Waals surface area contributed by atoms with E-state index in [1.165, 1.54) is 0 Å². The standard InChI is InChI=1S/C20H29N3O2/c1-2-15-13-21-20(22-16-7-9-17(24)10-8-16)23-19(15)12-14-5-3-4-6-18(25)11-14/h1,13-14,16-18,24-25H,3-12H2,(H,21,22,23)/t14-,16?,17?,18+/m1/s1. The van der Waals surface area contributed by atoms with E-state index >= 15 is 0 Å². The van der Waals surface area contributed by atoms with Crippen molar-refractivity contribution in [2.24, 2.45) is 5.92 Å². The highest BCUT2D eigenvalue weighted by Gasteiger charge is 2.22. The zero-order valence-electron chi connectivity index (χ0n) is 14.8. The third kappa shape index (κ3) is 5.17. The van der Waals surface area contributed by atoms with E-state index in [1.54, 1.807) is 6.20 Å². The summed E-state index contributed by atoms with van der Waals surface area (Å²) in [6.07, 6.45) is 16.4. The Morgan fingerprint density at radius 3 is 2.60 bits per heavy atom. The number of hydrogen-bond donors (Lipinski definition) is 3. The summed E-state index contributed by atoms with van der Waals surface area (Å²) in [5.41, 5.74) is 1.67. The first-order valence-corrected chi connectivity index (χ1v) is 9.59. The molecule has 0 spiro atoms. The quantitative estimate of drug-likeness (QED) is 0.579. The first kappa shape index (κ1) is 18.2. The summed E-state index contributed by atoms with van der Waals surface area (Å²) in [5, 5.41) is 23.1. The van der Waals surface area contributed by atoms with Gasteiger partial charge in [-0.05, 0) is 57.3 Å². The number of nitrogens with zero attached hydrogens (tertiary/aromatic N) is 2. The van der Waals surface area contributed by atoms with Gasteiger partial charge in [0, 0.05) is 12.2 Å². The van der Waals surface area contributed by atoms with Crippen molar-refractivity contribution in [2.75, 3.05) is 5.32 Å². The molecular formula is C20H29N3O2. The molecule has 1 heterocycles. The highest BCUT2D eigenvalue weighted by molar-refractivity contribution is 5.39. The lowest BCUT2D eigenvalue weighted by molar-refractivity contribution is 0.126. The fourth-order valence-electron chi connectivity index (χ4n) is 4.06. The van der Waals surface area contributed by atoms with Gasteiger partial charge < -0.3 is 15.5 Å². The van der Waals surface area contributed by atoms with E-state index in [0.717, 1.165) is 75.5 Å². The van der Waals surface area contributed by atoms with Gasteiger partial charge in [-0.1, -0.05) is 18.8 Å². The molecule has 1 aromatic rings. The van der Waals surface area contributed by atoms with Crippen LogP contribution in [0.2, 0.25) is 0 Å². The zero-order valence-corrected chi connectivity index (χ0v) is 14.8. The van der Waals surface area contributed by atoms with Crippen molar-refractivity contribution in [1.82, 2.24) is 9.97 Å². The highest BCUT2D eigenvalue weighted by atomic mass is 16.3. The van der Waals surface area contributed by atoms with Crippen LogP contribution in [0.4, 0.5) is 5.95 Å². The summed E-state index contributed by atoms with van der Waals surface area (Å²) in [5.74, 6) is 3.76. The van der Waals surface area contributed by atoms with Gasteiger partial charge in [-0.15, -0.1) is 6.42 Å². The Morgan fingerprint density at radius 1 is 1.08 bits per heavy atom. The molecule has 0 amide bonds. The molecular weight excluding hydrogens is 314 g/mol. The Balaban J connectivity index is 1.68. The number of anilines is 1. The van der Waals surface area contributed by atoms with E-state index in [2.05, 4.69) is 16.2 Å². The van der Waals surface area contributed by atoms with E-state index in [1.807, 2.05) is 0 Å². The van der Waals surface area contributed by atoms with Crippen molar-refractivity contribution in [3.05, 3.63) is 17.5 Å². The number of terminal acetylenes is 1. The molecule has 25 heavy (non-hydrogen) atoms. The molecule has 0 unspecified atom stereocenters. The maximum absolute atomic E-state index is 10.1. The molecule has 5 heteroatoms. The largest absolute Gasteiger partial charge is 0.393 e. The molecule has 2 fully saturated rings. The first-order valence-electron chi connectivity index (χ1n) is 9.59. The Hall–Kier alpha value is -1.64. The summed E-state index contributed by atoms with van der Waals surface area (Å²) in [4.78, 5) is 9.07. The SMILES string of the molecule is C#Cc1cnc(NC2CCC(O)CC2)nc1C[C@@H]1CCCC[C@H](O)C1. The second-order valence-electron chi connectivity index (χ2n) is 7.59. The van der Waals surface area contributed by atoms with E-state index in [-0.39, 0.29) is 12.2 Å². The molecule has 2 saturated carbocycles. The maximum Gasteiger partial charge on any atom is 0.223 e. The Kier molecular flexibility index (Phi) is 6.28. The third-order valence-corrected chi connectivity index (χ3v) is 5.54. The summed E-state index contributed by atoms with van der Waals surface area (Å²) in [6.45, 7) is 0. The molecule has 2 atom stereocenters. The normalized spacial score (nSPS) is 30.3. The molecule has 0 aromatic carbocycles. The van der Waals surface area contributed by atoms with Crippen LogP contribution in [0.25, 0.3) is 0 Å². The molecule has 2 aliphatic carbocycles. The topological polar surface area (TPSA) is 78.3 Å². The molecule has 0 aliphatic heterocycles. The fraction of sp³-hybridized carbons (Fsp3) is 0.700. The van der Waals surface area contributed by atoms with Crippen LogP contribution in [0.3, 0.4) is 0 Å². The van der Waals surface area contributed by atoms with Gasteiger partial charge >= 0.3 is 0 Å². The Morgan fingerprint density at radius 2 is 1.84 bits per heavy atom. The molecule has 3 N–H and O–H groups in total. The Bertz CT molecular complexity index is 605. The molecule has 0 bridgehead atoms. The van der Waals surface area contributed by atoms with Gasteiger partial charge in [-0.2, -0.15) is 0 Å². The van der Waals surface area contributed by atoms with Gasteiger partial charge in [0.05, 0.1) is 23.5 Å². The van der Waals surface area contributed by atoms with Gasteiger partial charge in [-0.3, -0.25) is 0 Å². The van der Waals surface area contributed by atoms with E-state index < -0.39 is 0 Å². The zero-order chi connectivity index (χ0) is 17.6. The molecule has 136 valence electrons. The van der Waals surface area contributed by atoms with Crippen LogP contribution in [0.15, 0.2) is 6.20 Å². The number of rotatable bonds is 4. The minimum absolute atomic E-state index is 0.167. The monoisotopic (exact) mass is 343 g/mol. The van der Waals surface area contributed by atoms with Crippen LogP contribution in [0.5, 0.6) is 0 Å². The van der Waals surface area contributed by atoms with Crippen LogP contribution in [-0.4, -0.2) is 38.4 Å². The van der Waals surface area contributed by atoms with Crippen LogP contribution in [0, 0.1) is 18.3 Å². The predicted octanol–water partition coefficient (Wildman–Crippen LogP) is 2.66. The number of nitrogens with one attached hydrogen (secondary N) is 1. The van der Waals surface area contributed by atoms with Crippen molar-refractivity contribution >= 4 is 5.95 Å². The first-order chi connectivity index (χ1) is 12.1. The average molecular weight is 343 g/mol. The smallest absolute Gasteiger partial charge is 0.223 e. The second-order valence-corrected chi connectivity index (χ2v) is 7.59. The van der Waals surface area contributed by atoms with E-state index in [4.69, 9.17) is 11.4 Å². The van der Waals surface area contributed by atoms with Crippen LogP contribution < -0.4 is 5.32 Å². The predicted molar refractivity (Wildman–Crippen MR) is 98.1 cm³/mol. The van der Waals surface area contributed by atoms with Crippen LogP contribution in [-0.2, 0) is 6.42 Å². The summed E-state index contributed by atoms with van der Waals surface area (Å²) >= 11 is 0. The fourth-order valence-corrected chi connectivity index (χ4v) is 4.06. The van der Waals surface area contributed by atoms with Crippen LogP contribution in [0.1, 0.15) is 69.0 Å². The second kappa shape index (κ2) is 8.64. The van der Waals surface area contributed by atoms with E-state index in [0.29, 0.717) is 17.9 Å². The molecule has 0 saturated heterocycles. The van der Waals surface area contributed by atoms with Crippen molar-refractivity contribution in [3.8, 4) is 12.3 Å². The van der Waals surface area contributed by atoms with Gasteiger partial charge in [0.2, 0.25) is 5.95 Å². The third-order valence-electron chi connectivity index (χ3n) is 5.54. The van der Waals surface area contributed by atoms with Crippen molar-refractivity contribution in [3.63, 3.8) is 0 Å². The van der Waals surface area contributed by atoms with Crippen LogP contribution >= 0.6 is 0 Å². The minimum atomic E-state index is -0.199. The van der Waals surface area contributed by atoms with Crippen molar-refractivity contribution in [1.29, 1.82) is 0 Å². The minimum Gasteiger partial charge on any atom is -0.393 e.